The number of amides is 1. The minimum Gasteiger partial charge on any atom is -0.466 e. The average Bonchev–Trinajstić information content (AvgIpc) is 3.05. The summed E-state index contributed by atoms with van der Waals surface area (Å²) in [5.74, 6) is 5.26. The molecule has 0 aliphatic carbocycles. The molecule has 0 aliphatic heterocycles. The number of hydrogen-bond donors (Lipinski definition) is 2. The van der Waals surface area contributed by atoms with Crippen molar-refractivity contribution in [2.75, 3.05) is 6.61 Å². The quantitative estimate of drug-likeness (QED) is 0.361. The zero-order valence-corrected chi connectivity index (χ0v) is 10.5. The topological polar surface area (TPSA) is 77.5 Å². The first-order valence-corrected chi connectivity index (χ1v) is 6.36. The van der Waals surface area contributed by atoms with Gasteiger partial charge in [0, 0.05) is 11.3 Å². The minimum absolute atomic E-state index is 0.350. The summed E-state index contributed by atoms with van der Waals surface area (Å²) in [5.41, 5.74) is 2.44. The molecular formula is C12H14N2O3S. The number of rotatable bonds is 6. The van der Waals surface area contributed by atoms with E-state index in [0.717, 1.165) is 6.42 Å². The second-order valence-corrected chi connectivity index (χ2v) is 4.69. The Labute approximate surface area is 109 Å². The van der Waals surface area contributed by atoms with Gasteiger partial charge in [0.2, 0.25) is 0 Å². The predicted molar refractivity (Wildman–Crippen MR) is 68.0 cm³/mol. The van der Waals surface area contributed by atoms with E-state index in [-0.39, 0.29) is 5.91 Å². The van der Waals surface area contributed by atoms with Gasteiger partial charge < -0.3 is 9.15 Å². The van der Waals surface area contributed by atoms with E-state index < -0.39 is 0 Å². The SMILES string of the molecule is NNC(=O)c1coc(COCCc2cccs2)c1. The number of hydrazine groups is 1. The number of carbonyl (C=O) groups is 1. The van der Waals surface area contributed by atoms with Gasteiger partial charge in [-0.3, -0.25) is 10.2 Å². The standard InChI is InChI=1S/C12H14N2O3S/c13-14-12(15)9-6-10(17-7-9)8-16-4-3-11-2-1-5-18-11/h1-2,5-7H,3-4,8,13H2,(H,14,15). The van der Waals surface area contributed by atoms with Gasteiger partial charge in [0.25, 0.3) is 5.91 Å². The zero-order valence-electron chi connectivity index (χ0n) is 9.72. The molecule has 5 nitrogen and oxygen atoms in total. The minimum atomic E-state index is -0.372. The Morgan fingerprint density at radius 1 is 1.56 bits per heavy atom. The van der Waals surface area contributed by atoms with E-state index in [2.05, 4.69) is 6.07 Å². The molecule has 0 saturated carbocycles. The second-order valence-electron chi connectivity index (χ2n) is 3.66. The summed E-state index contributed by atoms with van der Waals surface area (Å²) < 4.78 is 10.7. The zero-order chi connectivity index (χ0) is 12.8. The third kappa shape index (κ3) is 3.43. The van der Waals surface area contributed by atoms with Crippen molar-refractivity contribution >= 4 is 17.2 Å². The van der Waals surface area contributed by atoms with Crippen molar-refractivity contribution in [3.63, 3.8) is 0 Å². The fourth-order valence-electron chi connectivity index (χ4n) is 1.46. The lowest BCUT2D eigenvalue weighted by atomic mass is 10.3. The van der Waals surface area contributed by atoms with Crippen LogP contribution in [0.5, 0.6) is 0 Å². The first-order valence-electron chi connectivity index (χ1n) is 5.48. The highest BCUT2D eigenvalue weighted by molar-refractivity contribution is 7.09. The van der Waals surface area contributed by atoms with E-state index in [1.807, 2.05) is 16.9 Å². The predicted octanol–water partition coefficient (Wildman–Crippen LogP) is 1.70. The van der Waals surface area contributed by atoms with Crippen molar-refractivity contribution in [3.05, 3.63) is 46.0 Å². The van der Waals surface area contributed by atoms with Crippen LogP contribution in [-0.4, -0.2) is 12.5 Å². The fourth-order valence-corrected chi connectivity index (χ4v) is 2.15. The third-order valence-electron chi connectivity index (χ3n) is 2.36. The number of thiophene rings is 1. The summed E-state index contributed by atoms with van der Waals surface area (Å²) in [6.45, 7) is 0.975. The largest absolute Gasteiger partial charge is 0.466 e. The number of hydrogen-bond acceptors (Lipinski definition) is 5. The molecule has 0 bridgehead atoms. The number of carbonyl (C=O) groups excluding carboxylic acids is 1. The highest BCUT2D eigenvalue weighted by Crippen LogP contribution is 2.11. The Morgan fingerprint density at radius 3 is 3.17 bits per heavy atom. The Balaban J connectivity index is 1.73. The smallest absolute Gasteiger partial charge is 0.268 e. The number of ether oxygens (including phenoxy) is 1. The second kappa shape index (κ2) is 6.34. The Bertz CT molecular complexity index is 493. The van der Waals surface area contributed by atoms with Crippen LogP contribution in [-0.2, 0) is 17.8 Å². The lowest BCUT2D eigenvalue weighted by molar-refractivity contribution is 0.0953. The van der Waals surface area contributed by atoms with Crippen molar-refractivity contribution in [2.24, 2.45) is 5.84 Å². The van der Waals surface area contributed by atoms with Crippen LogP contribution < -0.4 is 11.3 Å². The van der Waals surface area contributed by atoms with E-state index in [4.69, 9.17) is 15.0 Å². The highest BCUT2D eigenvalue weighted by atomic mass is 32.1. The molecule has 0 saturated heterocycles. The van der Waals surface area contributed by atoms with Crippen LogP contribution in [0.4, 0.5) is 0 Å². The van der Waals surface area contributed by atoms with Gasteiger partial charge in [-0.05, 0) is 17.5 Å². The molecule has 0 atom stereocenters. The van der Waals surface area contributed by atoms with Gasteiger partial charge in [-0.25, -0.2) is 5.84 Å². The van der Waals surface area contributed by atoms with Crippen LogP contribution in [0.15, 0.2) is 34.3 Å². The molecule has 2 aromatic rings. The third-order valence-corrected chi connectivity index (χ3v) is 3.30. The molecule has 1 amide bonds. The summed E-state index contributed by atoms with van der Waals surface area (Å²) in [7, 11) is 0. The van der Waals surface area contributed by atoms with Crippen LogP contribution in [0, 0.1) is 0 Å². The molecule has 0 aliphatic rings. The van der Waals surface area contributed by atoms with Crippen molar-refractivity contribution in [3.8, 4) is 0 Å². The van der Waals surface area contributed by atoms with Crippen molar-refractivity contribution in [1.29, 1.82) is 0 Å². The summed E-state index contributed by atoms with van der Waals surface area (Å²) in [6.07, 6.45) is 2.24. The van der Waals surface area contributed by atoms with Gasteiger partial charge in [0.05, 0.1) is 12.2 Å². The number of nitrogens with one attached hydrogen (secondary N) is 1. The van der Waals surface area contributed by atoms with Crippen LogP contribution >= 0.6 is 11.3 Å². The Kier molecular flexibility index (Phi) is 4.52. The number of nitrogen functional groups attached to an aromatic ring is 1. The van der Waals surface area contributed by atoms with Gasteiger partial charge in [0.15, 0.2) is 0 Å². The molecule has 0 radical (unpaired) electrons. The van der Waals surface area contributed by atoms with Gasteiger partial charge in [-0.2, -0.15) is 0 Å². The summed E-state index contributed by atoms with van der Waals surface area (Å²) in [5, 5.41) is 2.04. The van der Waals surface area contributed by atoms with Crippen molar-refractivity contribution in [2.45, 2.75) is 13.0 Å². The maximum atomic E-state index is 11.2. The molecule has 2 rings (SSSR count). The molecule has 0 aromatic carbocycles. The molecule has 2 heterocycles. The Morgan fingerprint density at radius 2 is 2.44 bits per heavy atom. The van der Waals surface area contributed by atoms with Gasteiger partial charge in [0.1, 0.15) is 18.6 Å². The molecular weight excluding hydrogens is 252 g/mol. The number of nitrogens with two attached hydrogens (primary N) is 1. The van der Waals surface area contributed by atoms with E-state index in [1.165, 1.54) is 11.1 Å². The maximum absolute atomic E-state index is 11.2. The van der Waals surface area contributed by atoms with Crippen molar-refractivity contribution in [1.82, 2.24) is 5.43 Å². The molecule has 3 N–H and O–H groups in total. The lowest BCUT2D eigenvalue weighted by Crippen LogP contribution is -2.29. The van der Waals surface area contributed by atoms with Gasteiger partial charge in [-0.1, -0.05) is 6.07 Å². The summed E-state index contributed by atoms with van der Waals surface area (Å²) >= 11 is 1.71. The first-order chi connectivity index (χ1) is 8.79. The van der Waals surface area contributed by atoms with Crippen LogP contribution in [0.2, 0.25) is 0 Å². The lowest BCUT2D eigenvalue weighted by Gasteiger charge is -2.00. The molecule has 18 heavy (non-hydrogen) atoms. The van der Waals surface area contributed by atoms with E-state index in [1.54, 1.807) is 17.4 Å². The van der Waals surface area contributed by atoms with E-state index in [9.17, 15) is 4.79 Å². The summed E-state index contributed by atoms with van der Waals surface area (Å²) in [4.78, 5) is 12.5. The fraction of sp³-hybridized carbons (Fsp3) is 0.250. The summed E-state index contributed by atoms with van der Waals surface area (Å²) in [6, 6.07) is 5.71. The van der Waals surface area contributed by atoms with Gasteiger partial charge >= 0.3 is 0 Å². The van der Waals surface area contributed by atoms with Crippen LogP contribution in [0.25, 0.3) is 0 Å². The monoisotopic (exact) mass is 266 g/mol. The van der Waals surface area contributed by atoms with E-state index in [0.29, 0.717) is 24.5 Å². The molecule has 6 heteroatoms. The molecule has 96 valence electrons. The molecule has 0 unspecified atom stereocenters. The van der Waals surface area contributed by atoms with Crippen LogP contribution in [0.3, 0.4) is 0 Å². The first kappa shape index (κ1) is 12.8. The van der Waals surface area contributed by atoms with Crippen molar-refractivity contribution < 1.29 is 13.9 Å². The number of furan rings is 1. The Hall–Kier alpha value is -1.63. The van der Waals surface area contributed by atoms with E-state index >= 15 is 0 Å². The molecule has 0 fully saturated rings. The normalized spacial score (nSPS) is 10.5. The molecule has 2 aromatic heterocycles. The van der Waals surface area contributed by atoms with Crippen LogP contribution in [0.1, 0.15) is 21.0 Å². The maximum Gasteiger partial charge on any atom is 0.268 e. The average molecular weight is 266 g/mol. The van der Waals surface area contributed by atoms with Gasteiger partial charge in [-0.15, -0.1) is 11.3 Å². The highest BCUT2D eigenvalue weighted by Gasteiger charge is 2.08. The molecule has 0 spiro atoms.